The molecule has 0 aliphatic heterocycles. The first-order valence-corrected chi connectivity index (χ1v) is 4.97. The van der Waals surface area contributed by atoms with Gasteiger partial charge in [0.1, 0.15) is 5.82 Å². The average molecular weight is 245 g/mol. The molecule has 0 saturated carbocycles. The van der Waals surface area contributed by atoms with Gasteiger partial charge in [0.2, 0.25) is 0 Å². The zero-order chi connectivity index (χ0) is 12.1. The van der Waals surface area contributed by atoms with Gasteiger partial charge in [-0.05, 0) is 18.2 Å². The van der Waals surface area contributed by atoms with Crippen LogP contribution in [-0.2, 0) is 9.53 Å². The second-order valence-electron chi connectivity index (χ2n) is 3.13. The Morgan fingerprint density at radius 2 is 2.06 bits per heavy atom. The van der Waals surface area contributed by atoms with Gasteiger partial charge in [-0.25, -0.2) is 4.39 Å². The van der Waals surface area contributed by atoms with Gasteiger partial charge in [0.05, 0.1) is 18.6 Å². The van der Waals surface area contributed by atoms with E-state index >= 15 is 0 Å². The molecule has 3 nitrogen and oxygen atoms in total. The molecule has 0 N–H and O–H groups in total. The van der Waals surface area contributed by atoms with Gasteiger partial charge in [-0.1, -0.05) is 11.6 Å². The second-order valence-corrected chi connectivity index (χ2v) is 3.54. The molecule has 0 bridgehead atoms. The molecule has 0 amide bonds. The normalized spacial score (nSPS) is 9.94. The van der Waals surface area contributed by atoms with E-state index in [2.05, 4.69) is 4.74 Å². The average Bonchev–Trinajstić information content (AvgIpc) is 2.29. The van der Waals surface area contributed by atoms with Gasteiger partial charge in [-0.2, -0.15) is 0 Å². The standard InChI is InChI=1S/C11H10ClFO3/c1-16-11(15)5-4-10(14)7-2-3-8(12)9(13)6-7/h2-3,6H,4-5H2,1H3. The van der Waals surface area contributed by atoms with Crippen molar-refractivity contribution in [1.82, 2.24) is 0 Å². The maximum atomic E-state index is 13.0. The van der Waals surface area contributed by atoms with Gasteiger partial charge in [-0.15, -0.1) is 0 Å². The zero-order valence-corrected chi connectivity index (χ0v) is 9.38. The minimum absolute atomic E-state index is 0.00620. The van der Waals surface area contributed by atoms with Crippen molar-refractivity contribution in [3.05, 3.63) is 34.6 Å². The van der Waals surface area contributed by atoms with Crippen LogP contribution in [0.1, 0.15) is 23.2 Å². The van der Waals surface area contributed by atoms with E-state index in [0.29, 0.717) is 0 Å². The van der Waals surface area contributed by atoms with Crippen LogP contribution in [-0.4, -0.2) is 18.9 Å². The highest BCUT2D eigenvalue weighted by molar-refractivity contribution is 6.30. The predicted molar refractivity (Wildman–Crippen MR) is 57.0 cm³/mol. The van der Waals surface area contributed by atoms with E-state index in [4.69, 9.17) is 11.6 Å². The van der Waals surface area contributed by atoms with Crippen molar-refractivity contribution in [2.45, 2.75) is 12.8 Å². The molecular formula is C11H10ClFO3. The van der Waals surface area contributed by atoms with Gasteiger partial charge in [0.15, 0.2) is 5.78 Å². The van der Waals surface area contributed by atoms with Crippen molar-refractivity contribution in [3.8, 4) is 0 Å². The Hall–Kier alpha value is -1.42. The van der Waals surface area contributed by atoms with Crippen LogP contribution in [0.5, 0.6) is 0 Å². The number of Topliss-reactive ketones (excluding diaryl/α,β-unsaturated/α-hetero) is 1. The lowest BCUT2D eigenvalue weighted by atomic mass is 10.1. The third-order valence-electron chi connectivity index (χ3n) is 2.03. The van der Waals surface area contributed by atoms with Crippen molar-refractivity contribution in [2.24, 2.45) is 0 Å². The van der Waals surface area contributed by atoms with E-state index in [9.17, 15) is 14.0 Å². The summed E-state index contributed by atoms with van der Waals surface area (Å²) < 4.78 is 17.4. The largest absolute Gasteiger partial charge is 0.469 e. The van der Waals surface area contributed by atoms with Crippen LogP contribution in [0.25, 0.3) is 0 Å². The van der Waals surface area contributed by atoms with Gasteiger partial charge >= 0.3 is 5.97 Å². The van der Waals surface area contributed by atoms with E-state index in [0.717, 1.165) is 6.07 Å². The number of carbonyl (C=O) groups is 2. The van der Waals surface area contributed by atoms with Crippen LogP contribution < -0.4 is 0 Å². The molecule has 0 aromatic heterocycles. The summed E-state index contributed by atoms with van der Waals surface area (Å²) in [4.78, 5) is 22.3. The highest BCUT2D eigenvalue weighted by Crippen LogP contribution is 2.17. The molecule has 5 heteroatoms. The van der Waals surface area contributed by atoms with E-state index in [-0.39, 0.29) is 29.2 Å². The smallest absolute Gasteiger partial charge is 0.305 e. The first-order valence-electron chi connectivity index (χ1n) is 4.59. The molecule has 0 unspecified atom stereocenters. The third kappa shape index (κ3) is 3.31. The summed E-state index contributed by atoms with van der Waals surface area (Å²) in [5, 5.41) is -0.0375. The Morgan fingerprint density at radius 3 is 2.62 bits per heavy atom. The second kappa shape index (κ2) is 5.61. The summed E-state index contributed by atoms with van der Waals surface area (Å²) in [5.41, 5.74) is 0.200. The quantitative estimate of drug-likeness (QED) is 0.604. The number of hydrogen-bond acceptors (Lipinski definition) is 3. The first kappa shape index (κ1) is 12.6. The van der Waals surface area contributed by atoms with Gasteiger partial charge in [0.25, 0.3) is 0 Å². The first-order chi connectivity index (χ1) is 7.54. The number of benzene rings is 1. The maximum Gasteiger partial charge on any atom is 0.305 e. The molecule has 0 aliphatic carbocycles. The molecule has 0 radical (unpaired) electrons. The molecule has 16 heavy (non-hydrogen) atoms. The summed E-state index contributed by atoms with van der Waals surface area (Å²) in [6.07, 6.45) is -0.0205. The van der Waals surface area contributed by atoms with Crippen LogP contribution in [0.15, 0.2) is 18.2 Å². The number of rotatable bonds is 4. The van der Waals surface area contributed by atoms with Crippen LogP contribution in [0.3, 0.4) is 0 Å². The lowest BCUT2D eigenvalue weighted by molar-refractivity contribution is -0.140. The van der Waals surface area contributed by atoms with Crippen molar-refractivity contribution >= 4 is 23.4 Å². The SMILES string of the molecule is COC(=O)CCC(=O)c1ccc(Cl)c(F)c1. The highest BCUT2D eigenvalue weighted by Gasteiger charge is 2.11. The maximum absolute atomic E-state index is 13.0. The Morgan fingerprint density at radius 1 is 1.38 bits per heavy atom. The van der Waals surface area contributed by atoms with E-state index in [1.54, 1.807) is 0 Å². The van der Waals surface area contributed by atoms with Gasteiger partial charge < -0.3 is 4.74 Å². The number of methoxy groups -OCH3 is 1. The number of halogens is 2. The molecule has 1 rings (SSSR count). The summed E-state index contributed by atoms with van der Waals surface area (Å²) in [5.74, 6) is -1.44. The molecule has 0 atom stereocenters. The van der Waals surface area contributed by atoms with Crippen LogP contribution in [0.4, 0.5) is 4.39 Å². The molecular weight excluding hydrogens is 235 g/mol. The van der Waals surface area contributed by atoms with Gasteiger partial charge in [0, 0.05) is 12.0 Å². The topological polar surface area (TPSA) is 43.4 Å². The molecule has 1 aromatic carbocycles. The van der Waals surface area contributed by atoms with Gasteiger partial charge in [-0.3, -0.25) is 9.59 Å². The highest BCUT2D eigenvalue weighted by atomic mass is 35.5. The molecule has 0 aliphatic rings. The molecule has 86 valence electrons. The van der Waals surface area contributed by atoms with Crippen LogP contribution in [0, 0.1) is 5.82 Å². The van der Waals surface area contributed by atoms with E-state index in [1.165, 1.54) is 19.2 Å². The van der Waals surface area contributed by atoms with Crippen molar-refractivity contribution in [1.29, 1.82) is 0 Å². The number of carbonyl (C=O) groups excluding carboxylic acids is 2. The van der Waals surface area contributed by atoms with E-state index in [1.807, 2.05) is 0 Å². The lowest BCUT2D eigenvalue weighted by Crippen LogP contribution is -2.06. The lowest BCUT2D eigenvalue weighted by Gasteiger charge is -2.01. The number of ketones is 1. The summed E-state index contributed by atoms with van der Waals surface area (Å²) in [7, 11) is 1.24. The molecule has 0 saturated heterocycles. The number of esters is 1. The number of ether oxygens (including phenoxy) is 1. The Bertz CT molecular complexity index is 418. The van der Waals surface area contributed by atoms with Crippen molar-refractivity contribution in [3.63, 3.8) is 0 Å². The molecule has 0 heterocycles. The molecule has 0 fully saturated rings. The Labute approximate surface area is 97.2 Å². The minimum Gasteiger partial charge on any atom is -0.469 e. The number of hydrogen-bond donors (Lipinski definition) is 0. The molecule has 1 aromatic rings. The molecule has 0 spiro atoms. The minimum atomic E-state index is -0.648. The summed E-state index contributed by atoms with van der Waals surface area (Å²) in [6.45, 7) is 0. The zero-order valence-electron chi connectivity index (χ0n) is 8.63. The Kier molecular flexibility index (Phi) is 4.43. The fourth-order valence-electron chi connectivity index (χ4n) is 1.13. The third-order valence-corrected chi connectivity index (χ3v) is 2.33. The fourth-order valence-corrected chi connectivity index (χ4v) is 1.25. The van der Waals surface area contributed by atoms with Crippen LogP contribution in [0.2, 0.25) is 5.02 Å². The van der Waals surface area contributed by atoms with Crippen molar-refractivity contribution < 1.29 is 18.7 Å². The van der Waals surface area contributed by atoms with Crippen LogP contribution >= 0.6 is 11.6 Å². The monoisotopic (exact) mass is 244 g/mol. The predicted octanol–water partition coefficient (Wildman–Crippen LogP) is 2.62. The fraction of sp³-hybridized carbons (Fsp3) is 0.273. The summed E-state index contributed by atoms with van der Waals surface area (Å²) >= 11 is 5.47. The van der Waals surface area contributed by atoms with Crippen molar-refractivity contribution in [2.75, 3.05) is 7.11 Å². The summed E-state index contributed by atoms with van der Waals surface area (Å²) in [6, 6.07) is 3.79. The Balaban J connectivity index is 2.66. The van der Waals surface area contributed by atoms with E-state index < -0.39 is 11.8 Å².